The smallest absolute Gasteiger partial charge is 0.272 e. The number of nitrogens with one attached hydrogen (secondary N) is 2. The van der Waals surface area contributed by atoms with Crippen LogP contribution in [0, 0.1) is 6.92 Å². The second-order valence-corrected chi connectivity index (χ2v) is 4.50. The predicted molar refractivity (Wildman–Crippen MR) is 67.0 cm³/mol. The van der Waals surface area contributed by atoms with E-state index in [-0.39, 0.29) is 5.91 Å². The molecule has 0 radical (unpaired) electrons. The Hall–Kier alpha value is -2.44. The SMILES string of the molecule is Cc1cc(Nc2ccc(C(=O)NC3CC3)nn2)no1. The monoisotopic (exact) mass is 259 g/mol. The highest BCUT2D eigenvalue weighted by atomic mass is 16.5. The molecule has 2 aromatic rings. The second-order valence-electron chi connectivity index (χ2n) is 4.50. The molecular formula is C12H13N5O2. The van der Waals surface area contributed by atoms with Crippen LogP contribution in [0.25, 0.3) is 0 Å². The van der Waals surface area contributed by atoms with Crippen LogP contribution in [0.2, 0.25) is 0 Å². The van der Waals surface area contributed by atoms with Crippen LogP contribution in [-0.4, -0.2) is 27.3 Å². The van der Waals surface area contributed by atoms with E-state index >= 15 is 0 Å². The first-order valence-corrected chi connectivity index (χ1v) is 6.05. The van der Waals surface area contributed by atoms with Crippen molar-refractivity contribution in [1.82, 2.24) is 20.7 Å². The van der Waals surface area contributed by atoms with Gasteiger partial charge < -0.3 is 15.2 Å². The number of amides is 1. The first-order chi connectivity index (χ1) is 9.20. The molecule has 0 unspecified atom stereocenters. The van der Waals surface area contributed by atoms with Crippen LogP contribution in [0.5, 0.6) is 0 Å². The molecule has 1 fully saturated rings. The average Bonchev–Trinajstić information content (AvgIpc) is 3.12. The summed E-state index contributed by atoms with van der Waals surface area (Å²) in [7, 11) is 0. The van der Waals surface area contributed by atoms with Gasteiger partial charge in [0.25, 0.3) is 5.91 Å². The summed E-state index contributed by atoms with van der Waals surface area (Å²) in [6, 6.07) is 5.36. The molecule has 0 saturated heterocycles. The summed E-state index contributed by atoms with van der Waals surface area (Å²) >= 11 is 0. The van der Waals surface area contributed by atoms with Crippen LogP contribution in [0.3, 0.4) is 0 Å². The average molecular weight is 259 g/mol. The molecule has 2 aromatic heterocycles. The van der Waals surface area contributed by atoms with Gasteiger partial charge in [0.05, 0.1) is 0 Å². The molecule has 0 aromatic carbocycles. The Bertz CT molecular complexity index is 588. The Balaban J connectivity index is 1.66. The summed E-state index contributed by atoms with van der Waals surface area (Å²) in [6.07, 6.45) is 2.09. The van der Waals surface area contributed by atoms with Crippen LogP contribution >= 0.6 is 0 Å². The summed E-state index contributed by atoms with van der Waals surface area (Å²) in [5.74, 6) is 1.59. The number of carbonyl (C=O) groups excluding carboxylic acids is 1. The van der Waals surface area contributed by atoms with Crippen LogP contribution in [0.15, 0.2) is 22.7 Å². The standard InChI is InChI=1S/C12H13N5O2/c1-7-6-11(17-19-7)14-10-5-4-9(15-16-10)12(18)13-8-2-3-8/h4-6,8H,2-3H2,1H3,(H,13,18)(H,14,16,17). The molecule has 98 valence electrons. The lowest BCUT2D eigenvalue weighted by atomic mass is 10.3. The number of nitrogens with zero attached hydrogens (tertiary/aromatic N) is 3. The molecule has 3 rings (SSSR count). The Kier molecular flexibility index (Phi) is 2.86. The minimum absolute atomic E-state index is 0.182. The Labute approximate surface area is 109 Å². The molecule has 0 spiro atoms. The van der Waals surface area contributed by atoms with Crippen molar-refractivity contribution in [2.45, 2.75) is 25.8 Å². The summed E-state index contributed by atoms with van der Waals surface area (Å²) in [5.41, 5.74) is 0.314. The molecule has 0 aliphatic heterocycles. The van der Waals surface area contributed by atoms with Gasteiger partial charge in [-0.25, -0.2) is 0 Å². The highest BCUT2D eigenvalue weighted by molar-refractivity contribution is 5.92. The molecule has 19 heavy (non-hydrogen) atoms. The van der Waals surface area contributed by atoms with Crippen LogP contribution in [0.1, 0.15) is 29.1 Å². The van der Waals surface area contributed by atoms with Crippen LogP contribution < -0.4 is 10.6 Å². The van der Waals surface area contributed by atoms with Crippen molar-refractivity contribution in [3.63, 3.8) is 0 Å². The van der Waals surface area contributed by atoms with Crippen molar-refractivity contribution in [3.8, 4) is 0 Å². The van der Waals surface area contributed by atoms with Crippen LogP contribution in [-0.2, 0) is 0 Å². The van der Waals surface area contributed by atoms with Gasteiger partial charge in [-0.3, -0.25) is 4.79 Å². The van der Waals surface area contributed by atoms with E-state index < -0.39 is 0 Å². The van der Waals surface area contributed by atoms with Gasteiger partial charge in [0.15, 0.2) is 17.3 Å². The van der Waals surface area contributed by atoms with Crippen molar-refractivity contribution >= 4 is 17.5 Å². The van der Waals surface area contributed by atoms with Gasteiger partial charge in [0, 0.05) is 12.1 Å². The molecule has 2 heterocycles. The quantitative estimate of drug-likeness (QED) is 0.862. The number of anilines is 2. The van der Waals surface area contributed by atoms with Gasteiger partial charge in [0.1, 0.15) is 5.76 Å². The van der Waals surface area contributed by atoms with E-state index in [4.69, 9.17) is 4.52 Å². The third-order valence-electron chi connectivity index (χ3n) is 2.69. The fourth-order valence-corrected chi connectivity index (χ4v) is 1.56. The van der Waals surface area contributed by atoms with Crippen molar-refractivity contribution in [2.75, 3.05) is 5.32 Å². The zero-order chi connectivity index (χ0) is 13.2. The van der Waals surface area contributed by atoms with Crippen molar-refractivity contribution < 1.29 is 9.32 Å². The lowest BCUT2D eigenvalue weighted by Crippen LogP contribution is -2.26. The maximum absolute atomic E-state index is 11.7. The fourth-order valence-electron chi connectivity index (χ4n) is 1.56. The zero-order valence-electron chi connectivity index (χ0n) is 10.4. The maximum Gasteiger partial charge on any atom is 0.272 e. The van der Waals surface area contributed by atoms with Crippen molar-refractivity contribution in [2.24, 2.45) is 0 Å². The van der Waals surface area contributed by atoms with E-state index in [0.717, 1.165) is 12.8 Å². The minimum atomic E-state index is -0.182. The van der Waals surface area contributed by atoms with E-state index in [1.165, 1.54) is 0 Å². The molecule has 1 saturated carbocycles. The molecule has 7 nitrogen and oxygen atoms in total. The Morgan fingerprint density at radius 2 is 2.16 bits per heavy atom. The molecule has 0 atom stereocenters. The Morgan fingerprint density at radius 3 is 2.74 bits per heavy atom. The van der Waals surface area contributed by atoms with E-state index in [1.54, 1.807) is 25.1 Å². The van der Waals surface area contributed by atoms with Gasteiger partial charge in [0.2, 0.25) is 0 Å². The topological polar surface area (TPSA) is 92.9 Å². The molecular weight excluding hydrogens is 246 g/mol. The van der Waals surface area contributed by atoms with E-state index in [9.17, 15) is 4.79 Å². The maximum atomic E-state index is 11.7. The second kappa shape index (κ2) is 4.68. The Morgan fingerprint density at radius 1 is 1.32 bits per heavy atom. The van der Waals surface area contributed by atoms with E-state index in [1.807, 2.05) is 0 Å². The number of rotatable bonds is 4. The summed E-state index contributed by atoms with van der Waals surface area (Å²) in [6.45, 7) is 1.80. The number of aromatic nitrogens is 3. The van der Waals surface area contributed by atoms with Crippen molar-refractivity contribution in [1.29, 1.82) is 0 Å². The van der Waals surface area contributed by atoms with Crippen LogP contribution in [0.4, 0.5) is 11.6 Å². The molecule has 1 aliphatic rings. The highest BCUT2D eigenvalue weighted by Crippen LogP contribution is 2.19. The first-order valence-electron chi connectivity index (χ1n) is 6.05. The number of carbonyl (C=O) groups is 1. The first kappa shape index (κ1) is 11.6. The summed E-state index contributed by atoms with van der Waals surface area (Å²) in [4.78, 5) is 11.7. The minimum Gasteiger partial charge on any atom is -0.360 e. The van der Waals surface area contributed by atoms with E-state index in [0.29, 0.717) is 29.1 Å². The normalized spacial score (nSPS) is 14.2. The fraction of sp³-hybridized carbons (Fsp3) is 0.333. The molecule has 1 amide bonds. The van der Waals surface area contributed by atoms with Gasteiger partial charge >= 0.3 is 0 Å². The lowest BCUT2D eigenvalue weighted by Gasteiger charge is -2.03. The van der Waals surface area contributed by atoms with Gasteiger partial charge in [-0.15, -0.1) is 10.2 Å². The molecule has 0 bridgehead atoms. The largest absolute Gasteiger partial charge is 0.360 e. The van der Waals surface area contributed by atoms with E-state index in [2.05, 4.69) is 26.0 Å². The number of hydrogen-bond acceptors (Lipinski definition) is 6. The van der Waals surface area contributed by atoms with Gasteiger partial charge in [-0.1, -0.05) is 5.16 Å². The third-order valence-corrected chi connectivity index (χ3v) is 2.69. The third kappa shape index (κ3) is 2.87. The number of hydrogen-bond donors (Lipinski definition) is 2. The van der Waals surface area contributed by atoms with Gasteiger partial charge in [-0.05, 0) is 31.9 Å². The lowest BCUT2D eigenvalue weighted by molar-refractivity contribution is 0.0945. The van der Waals surface area contributed by atoms with Crippen molar-refractivity contribution in [3.05, 3.63) is 29.7 Å². The molecule has 1 aliphatic carbocycles. The molecule has 2 N–H and O–H groups in total. The highest BCUT2D eigenvalue weighted by Gasteiger charge is 2.24. The summed E-state index contributed by atoms with van der Waals surface area (Å²) < 4.78 is 4.92. The molecule has 7 heteroatoms. The number of aryl methyl sites for hydroxylation is 1. The predicted octanol–water partition coefficient (Wildman–Crippen LogP) is 1.41. The summed E-state index contributed by atoms with van der Waals surface area (Å²) in [5, 5.41) is 17.4. The van der Waals surface area contributed by atoms with Gasteiger partial charge in [-0.2, -0.15) is 0 Å². The zero-order valence-corrected chi connectivity index (χ0v) is 10.4.